The number of H-pyrrole nitrogens is 1. The monoisotopic (exact) mass is 206 g/mol. The fraction of sp³-hybridized carbons (Fsp3) is 0.111. The first kappa shape index (κ1) is 8.96. The number of nitrogens with two attached hydrogens (primary N) is 1. The lowest BCUT2D eigenvalue weighted by Crippen LogP contribution is -1.96. The number of aromatic nitrogens is 3. The highest BCUT2D eigenvalue weighted by molar-refractivity contribution is 7.71. The Kier molecular flexibility index (Phi) is 2.09. The molecule has 4 nitrogen and oxygen atoms in total. The number of anilines is 1. The van der Waals surface area contributed by atoms with Gasteiger partial charge in [-0.2, -0.15) is 5.10 Å². The number of para-hydroxylation sites is 1. The van der Waals surface area contributed by atoms with E-state index in [-0.39, 0.29) is 0 Å². The Morgan fingerprint density at radius 3 is 2.71 bits per heavy atom. The maximum absolute atomic E-state index is 5.83. The summed E-state index contributed by atoms with van der Waals surface area (Å²) < 4.78 is 2.38. The summed E-state index contributed by atoms with van der Waals surface area (Å²) >= 11 is 5.02. The Morgan fingerprint density at radius 1 is 1.43 bits per heavy atom. The van der Waals surface area contributed by atoms with Crippen molar-refractivity contribution in [3.63, 3.8) is 0 Å². The SMILES string of the molecule is Cn1c(-c2ccccc2N)n[nH]c1=S. The molecule has 0 aliphatic heterocycles. The van der Waals surface area contributed by atoms with Crippen LogP contribution in [0.25, 0.3) is 11.4 Å². The zero-order valence-electron chi connectivity index (χ0n) is 7.69. The number of hydrogen-bond acceptors (Lipinski definition) is 3. The van der Waals surface area contributed by atoms with E-state index in [1.165, 1.54) is 0 Å². The van der Waals surface area contributed by atoms with Crippen molar-refractivity contribution in [3.8, 4) is 11.4 Å². The number of nitrogens with one attached hydrogen (secondary N) is 1. The fourth-order valence-electron chi connectivity index (χ4n) is 1.29. The first-order valence-electron chi connectivity index (χ1n) is 4.16. The summed E-state index contributed by atoms with van der Waals surface area (Å²) in [6, 6.07) is 7.57. The Balaban J connectivity index is 2.66. The highest BCUT2D eigenvalue weighted by atomic mass is 32.1. The lowest BCUT2D eigenvalue weighted by molar-refractivity contribution is 0.902. The summed E-state index contributed by atoms with van der Waals surface area (Å²) in [6.07, 6.45) is 0. The molecule has 14 heavy (non-hydrogen) atoms. The molecule has 0 aliphatic rings. The van der Waals surface area contributed by atoms with Gasteiger partial charge in [0, 0.05) is 18.3 Å². The van der Waals surface area contributed by atoms with E-state index in [9.17, 15) is 0 Å². The van der Waals surface area contributed by atoms with E-state index in [1.807, 2.05) is 31.3 Å². The molecule has 0 saturated carbocycles. The van der Waals surface area contributed by atoms with E-state index >= 15 is 0 Å². The van der Waals surface area contributed by atoms with Crippen molar-refractivity contribution in [1.29, 1.82) is 0 Å². The molecular weight excluding hydrogens is 196 g/mol. The minimum atomic E-state index is 0.586. The van der Waals surface area contributed by atoms with Crippen LogP contribution in [0.4, 0.5) is 5.69 Å². The van der Waals surface area contributed by atoms with Gasteiger partial charge in [0.25, 0.3) is 0 Å². The van der Waals surface area contributed by atoms with Gasteiger partial charge >= 0.3 is 0 Å². The second-order valence-corrected chi connectivity index (χ2v) is 3.39. The highest BCUT2D eigenvalue weighted by Gasteiger charge is 2.07. The average Bonchev–Trinajstić information content (AvgIpc) is 2.49. The van der Waals surface area contributed by atoms with Crippen LogP contribution in [0.5, 0.6) is 0 Å². The summed E-state index contributed by atoms with van der Waals surface area (Å²) in [7, 11) is 1.85. The third-order valence-corrected chi connectivity index (χ3v) is 2.45. The van der Waals surface area contributed by atoms with Gasteiger partial charge in [-0.3, -0.25) is 5.10 Å². The molecular formula is C9H10N4S. The first-order chi connectivity index (χ1) is 6.70. The predicted molar refractivity (Wildman–Crippen MR) is 58.2 cm³/mol. The zero-order valence-corrected chi connectivity index (χ0v) is 8.51. The van der Waals surface area contributed by atoms with Crippen LogP contribution < -0.4 is 5.73 Å². The Morgan fingerprint density at radius 2 is 2.14 bits per heavy atom. The van der Waals surface area contributed by atoms with Gasteiger partial charge in [0.1, 0.15) is 0 Å². The summed E-state index contributed by atoms with van der Waals surface area (Å²) in [4.78, 5) is 0. The van der Waals surface area contributed by atoms with Crippen molar-refractivity contribution in [1.82, 2.24) is 14.8 Å². The largest absolute Gasteiger partial charge is 0.398 e. The van der Waals surface area contributed by atoms with Crippen molar-refractivity contribution < 1.29 is 0 Å². The van der Waals surface area contributed by atoms with E-state index in [0.29, 0.717) is 10.5 Å². The number of benzene rings is 1. The molecule has 0 radical (unpaired) electrons. The van der Waals surface area contributed by atoms with Crippen LogP contribution in [0.3, 0.4) is 0 Å². The van der Waals surface area contributed by atoms with Gasteiger partial charge in [-0.25, -0.2) is 0 Å². The summed E-state index contributed by atoms with van der Waals surface area (Å²) in [5, 5.41) is 6.84. The molecule has 0 fully saturated rings. The van der Waals surface area contributed by atoms with Crippen LogP contribution in [0.1, 0.15) is 0 Å². The van der Waals surface area contributed by atoms with Crippen molar-refractivity contribution >= 4 is 17.9 Å². The minimum Gasteiger partial charge on any atom is -0.398 e. The molecule has 0 saturated heterocycles. The molecule has 2 aromatic rings. The Hall–Kier alpha value is -1.62. The highest BCUT2D eigenvalue weighted by Crippen LogP contribution is 2.22. The number of nitrogen functional groups attached to an aromatic ring is 1. The lowest BCUT2D eigenvalue weighted by atomic mass is 10.2. The summed E-state index contributed by atoms with van der Waals surface area (Å²) in [5.74, 6) is 0.758. The van der Waals surface area contributed by atoms with Crippen LogP contribution in [0.15, 0.2) is 24.3 Å². The molecule has 2 rings (SSSR count). The summed E-state index contributed by atoms with van der Waals surface area (Å²) in [5.41, 5.74) is 7.42. The Bertz CT molecular complexity index is 512. The molecule has 3 N–H and O–H groups in total. The molecule has 0 spiro atoms. The molecule has 1 heterocycles. The van der Waals surface area contributed by atoms with Crippen molar-refractivity contribution in [3.05, 3.63) is 29.0 Å². The molecule has 0 amide bonds. The van der Waals surface area contributed by atoms with E-state index < -0.39 is 0 Å². The average molecular weight is 206 g/mol. The van der Waals surface area contributed by atoms with Crippen molar-refractivity contribution in [2.45, 2.75) is 0 Å². The van der Waals surface area contributed by atoms with E-state index in [4.69, 9.17) is 18.0 Å². The van der Waals surface area contributed by atoms with Gasteiger partial charge in [-0.15, -0.1) is 0 Å². The van der Waals surface area contributed by atoms with Gasteiger partial charge in [0.2, 0.25) is 0 Å². The maximum atomic E-state index is 5.83. The van der Waals surface area contributed by atoms with Crippen molar-refractivity contribution in [2.24, 2.45) is 7.05 Å². The van der Waals surface area contributed by atoms with Gasteiger partial charge in [-0.1, -0.05) is 12.1 Å². The summed E-state index contributed by atoms with van der Waals surface area (Å²) in [6.45, 7) is 0. The minimum absolute atomic E-state index is 0.586. The normalized spacial score (nSPS) is 10.4. The maximum Gasteiger partial charge on any atom is 0.195 e. The van der Waals surface area contributed by atoms with Gasteiger partial charge < -0.3 is 10.3 Å². The number of rotatable bonds is 1. The van der Waals surface area contributed by atoms with Crippen LogP contribution in [0.2, 0.25) is 0 Å². The second-order valence-electron chi connectivity index (χ2n) is 3.00. The van der Waals surface area contributed by atoms with Crippen LogP contribution in [-0.2, 0) is 7.05 Å². The standard InChI is InChI=1S/C9H10N4S/c1-13-8(11-12-9(13)14)6-4-2-3-5-7(6)10/h2-5H,10H2,1H3,(H,12,14). The first-order valence-corrected chi connectivity index (χ1v) is 4.57. The smallest absolute Gasteiger partial charge is 0.195 e. The fourth-order valence-corrected chi connectivity index (χ4v) is 1.42. The van der Waals surface area contributed by atoms with E-state index in [0.717, 1.165) is 11.4 Å². The second kappa shape index (κ2) is 3.26. The van der Waals surface area contributed by atoms with Gasteiger partial charge in [0.05, 0.1) is 0 Å². The molecule has 1 aromatic carbocycles. The predicted octanol–water partition coefficient (Wildman–Crippen LogP) is 1.73. The molecule has 0 bridgehead atoms. The number of aromatic amines is 1. The molecule has 72 valence electrons. The molecule has 0 aliphatic carbocycles. The molecule has 0 atom stereocenters. The van der Waals surface area contributed by atoms with Crippen LogP contribution in [-0.4, -0.2) is 14.8 Å². The van der Waals surface area contributed by atoms with Crippen molar-refractivity contribution in [2.75, 3.05) is 5.73 Å². The molecule has 5 heteroatoms. The number of hydrogen-bond donors (Lipinski definition) is 2. The topological polar surface area (TPSA) is 59.6 Å². The molecule has 1 aromatic heterocycles. The lowest BCUT2D eigenvalue weighted by Gasteiger charge is -2.03. The quantitative estimate of drug-likeness (QED) is 0.551. The van der Waals surface area contributed by atoms with Gasteiger partial charge in [-0.05, 0) is 24.4 Å². The van der Waals surface area contributed by atoms with E-state index in [1.54, 1.807) is 4.57 Å². The Labute approximate surface area is 86.4 Å². The third-order valence-electron chi connectivity index (χ3n) is 2.08. The zero-order chi connectivity index (χ0) is 10.1. The molecule has 0 unspecified atom stereocenters. The van der Waals surface area contributed by atoms with Crippen LogP contribution >= 0.6 is 12.2 Å². The van der Waals surface area contributed by atoms with Gasteiger partial charge in [0.15, 0.2) is 10.6 Å². The third kappa shape index (κ3) is 1.31. The number of nitrogens with zero attached hydrogens (tertiary/aromatic N) is 2. The van der Waals surface area contributed by atoms with Crippen LogP contribution in [0, 0.1) is 4.77 Å². The van der Waals surface area contributed by atoms with E-state index in [2.05, 4.69) is 10.2 Å².